The third kappa shape index (κ3) is 4.19. The van der Waals surface area contributed by atoms with Gasteiger partial charge in [-0.1, -0.05) is 36.4 Å². The highest BCUT2D eigenvalue weighted by Gasteiger charge is 2.36. The lowest BCUT2D eigenvalue weighted by Crippen LogP contribution is -2.26. The predicted octanol–water partition coefficient (Wildman–Crippen LogP) is 6.07. The van der Waals surface area contributed by atoms with Crippen LogP contribution < -0.4 is 20.1 Å². The maximum Gasteiger partial charge on any atom is 0.163 e. The van der Waals surface area contributed by atoms with Gasteiger partial charge in [0.15, 0.2) is 5.78 Å². The summed E-state index contributed by atoms with van der Waals surface area (Å²) in [6.07, 6.45) is 1.23. The number of methoxy groups -OCH3 is 1. The zero-order valence-electron chi connectivity index (χ0n) is 18.9. The number of carbonyl (C=O) groups excluding carboxylic acids is 1. The van der Waals surface area contributed by atoms with Crippen LogP contribution in [0.25, 0.3) is 0 Å². The van der Waals surface area contributed by atoms with Gasteiger partial charge in [-0.25, -0.2) is 0 Å². The zero-order chi connectivity index (χ0) is 22.8. The van der Waals surface area contributed by atoms with Gasteiger partial charge in [0.2, 0.25) is 0 Å². The van der Waals surface area contributed by atoms with Crippen LogP contribution in [0.15, 0.2) is 84.1 Å². The molecule has 168 valence electrons. The lowest BCUT2D eigenvalue weighted by atomic mass is 9.78. The highest BCUT2D eigenvalue weighted by atomic mass is 16.5. The average molecular weight is 441 g/mol. The minimum Gasteiger partial charge on any atom is -0.497 e. The number of Topliss-reactive ketones (excluding diaryl/α,β-unsaturated/α-hetero) is 1. The van der Waals surface area contributed by atoms with Crippen LogP contribution in [0.1, 0.15) is 42.9 Å². The Morgan fingerprint density at radius 3 is 2.42 bits per heavy atom. The number of rotatable bonds is 5. The number of para-hydroxylation sites is 2. The van der Waals surface area contributed by atoms with E-state index in [1.807, 2.05) is 73.7 Å². The van der Waals surface area contributed by atoms with Crippen molar-refractivity contribution in [2.45, 2.75) is 31.7 Å². The highest BCUT2D eigenvalue weighted by Crippen LogP contribution is 2.44. The lowest BCUT2D eigenvalue weighted by molar-refractivity contribution is -0.116. The second kappa shape index (κ2) is 9.02. The quantitative estimate of drug-likeness (QED) is 0.504. The van der Waals surface area contributed by atoms with Gasteiger partial charge in [-0.05, 0) is 66.8 Å². The van der Waals surface area contributed by atoms with E-state index in [1.54, 1.807) is 7.11 Å². The standard InChI is InChI=1S/C28H28N2O3/c1-3-33-21-13-11-18(12-14-21)28-27-25(29-23-9-4-5-10-24(23)30-28)16-20(17-26(27)31)19-7-6-8-22(15-19)32-2/h4-15,20,28-30H,3,16-17H2,1-2H3. The number of nitrogens with one attached hydrogen (secondary N) is 2. The maximum atomic E-state index is 13.6. The van der Waals surface area contributed by atoms with Crippen molar-refractivity contribution in [1.82, 2.24) is 0 Å². The number of hydrogen-bond acceptors (Lipinski definition) is 5. The summed E-state index contributed by atoms with van der Waals surface area (Å²) in [5, 5.41) is 7.22. The topological polar surface area (TPSA) is 59.6 Å². The van der Waals surface area contributed by atoms with Crippen molar-refractivity contribution in [3.05, 3.63) is 95.2 Å². The third-order valence-corrected chi connectivity index (χ3v) is 6.40. The molecule has 0 amide bonds. The Morgan fingerprint density at radius 2 is 1.67 bits per heavy atom. The van der Waals surface area contributed by atoms with Gasteiger partial charge in [-0.15, -0.1) is 0 Å². The first kappa shape index (κ1) is 21.1. The molecule has 2 N–H and O–H groups in total. The maximum absolute atomic E-state index is 13.6. The van der Waals surface area contributed by atoms with Crippen LogP contribution in [0.3, 0.4) is 0 Å². The van der Waals surface area contributed by atoms with Crippen LogP contribution in [-0.4, -0.2) is 19.5 Å². The van der Waals surface area contributed by atoms with Crippen molar-refractivity contribution in [2.24, 2.45) is 0 Å². The van der Waals surface area contributed by atoms with Gasteiger partial charge >= 0.3 is 0 Å². The Bertz CT molecular complexity index is 1200. The van der Waals surface area contributed by atoms with Gasteiger partial charge in [0.05, 0.1) is 31.1 Å². The monoisotopic (exact) mass is 440 g/mol. The molecule has 5 rings (SSSR count). The molecular formula is C28H28N2O3. The molecule has 2 aliphatic rings. The summed E-state index contributed by atoms with van der Waals surface area (Å²) in [6.45, 7) is 2.59. The van der Waals surface area contributed by atoms with E-state index in [-0.39, 0.29) is 17.7 Å². The molecule has 3 aromatic rings. The first-order valence-electron chi connectivity index (χ1n) is 11.4. The molecule has 0 saturated carbocycles. The Kier molecular flexibility index (Phi) is 5.78. The smallest absolute Gasteiger partial charge is 0.163 e. The minimum absolute atomic E-state index is 0.102. The van der Waals surface area contributed by atoms with Gasteiger partial charge in [0, 0.05) is 17.7 Å². The fourth-order valence-electron chi connectivity index (χ4n) is 4.80. The van der Waals surface area contributed by atoms with E-state index in [4.69, 9.17) is 9.47 Å². The number of carbonyl (C=O) groups is 1. The molecule has 1 aliphatic carbocycles. The number of anilines is 2. The number of fused-ring (bicyclic) bond motifs is 1. The molecule has 0 fully saturated rings. The summed E-state index contributed by atoms with van der Waals surface area (Å²) in [7, 11) is 1.67. The second-order valence-corrected chi connectivity index (χ2v) is 8.45. The first-order chi connectivity index (χ1) is 16.2. The summed E-state index contributed by atoms with van der Waals surface area (Å²) in [5.41, 5.74) is 5.93. The fraction of sp³-hybridized carbons (Fsp3) is 0.250. The highest BCUT2D eigenvalue weighted by molar-refractivity contribution is 6.01. The molecular weight excluding hydrogens is 412 g/mol. The second-order valence-electron chi connectivity index (χ2n) is 8.45. The lowest BCUT2D eigenvalue weighted by Gasteiger charge is -2.30. The Hall–Kier alpha value is -3.73. The minimum atomic E-state index is -0.231. The molecule has 0 radical (unpaired) electrons. The van der Waals surface area contributed by atoms with E-state index >= 15 is 0 Å². The molecule has 2 unspecified atom stereocenters. The Morgan fingerprint density at radius 1 is 0.879 bits per heavy atom. The summed E-state index contributed by atoms with van der Waals surface area (Å²) in [5.74, 6) is 1.91. The Labute approximate surface area is 194 Å². The number of allylic oxidation sites excluding steroid dienone is 1. The van der Waals surface area contributed by atoms with Crippen molar-refractivity contribution in [3.8, 4) is 11.5 Å². The summed E-state index contributed by atoms with van der Waals surface area (Å²) in [6, 6.07) is 24.0. The molecule has 5 heteroatoms. The SMILES string of the molecule is CCOc1ccc(C2Nc3ccccc3NC3=C2C(=O)CC(c2cccc(OC)c2)C3)cc1. The largest absolute Gasteiger partial charge is 0.497 e. The van der Waals surface area contributed by atoms with Gasteiger partial charge in [-0.3, -0.25) is 4.79 Å². The van der Waals surface area contributed by atoms with Gasteiger partial charge in [0.25, 0.3) is 0 Å². The van der Waals surface area contributed by atoms with Crippen molar-refractivity contribution in [3.63, 3.8) is 0 Å². The van der Waals surface area contributed by atoms with E-state index in [9.17, 15) is 4.79 Å². The molecule has 0 saturated heterocycles. The van der Waals surface area contributed by atoms with E-state index in [1.165, 1.54) is 0 Å². The molecule has 1 aliphatic heterocycles. The van der Waals surface area contributed by atoms with Gasteiger partial charge in [-0.2, -0.15) is 0 Å². The van der Waals surface area contributed by atoms with Gasteiger partial charge in [0.1, 0.15) is 11.5 Å². The summed E-state index contributed by atoms with van der Waals surface area (Å²) in [4.78, 5) is 13.6. The van der Waals surface area contributed by atoms with Crippen LogP contribution in [-0.2, 0) is 4.79 Å². The van der Waals surface area contributed by atoms with Crippen LogP contribution in [0.5, 0.6) is 11.5 Å². The number of hydrogen-bond donors (Lipinski definition) is 2. The molecule has 5 nitrogen and oxygen atoms in total. The molecule has 3 aromatic carbocycles. The summed E-state index contributed by atoms with van der Waals surface area (Å²) < 4.78 is 11.0. The molecule has 0 aromatic heterocycles. The van der Waals surface area contributed by atoms with Crippen molar-refractivity contribution in [1.29, 1.82) is 0 Å². The van der Waals surface area contributed by atoms with E-state index in [0.29, 0.717) is 13.0 Å². The van der Waals surface area contributed by atoms with Crippen LogP contribution in [0, 0.1) is 0 Å². The van der Waals surface area contributed by atoms with Gasteiger partial charge < -0.3 is 20.1 Å². The summed E-state index contributed by atoms with van der Waals surface area (Å²) >= 11 is 0. The van der Waals surface area contributed by atoms with E-state index < -0.39 is 0 Å². The molecule has 1 heterocycles. The molecule has 2 atom stereocenters. The third-order valence-electron chi connectivity index (χ3n) is 6.40. The number of ketones is 1. The first-order valence-corrected chi connectivity index (χ1v) is 11.4. The van der Waals surface area contributed by atoms with Crippen molar-refractivity contribution >= 4 is 17.2 Å². The Balaban J connectivity index is 1.56. The van der Waals surface area contributed by atoms with E-state index in [0.717, 1.165) is 51.7 Å². The fourth-order valence-corrected chi connectivity index (χ4v) is 4.80. The molecule has 33 heavy (non-hydrogen) atoms. The number of benzene rings is 3. The van der Waals surface area contributed by atoms with Crippen molar-refractivity contribution in [2.75, 3.05) is 24.4 Å². The predicted molar refractivity (Wildman–Crippen MR) is 131 cm³/mol. The molecule has 0 spiro atoms. The normalized spacial score (nSPS) is 19.5. The van der Waals surface area contributed by atoms with E-state index in [2.05, 4.69) is 16.7 Å². The van der Waals surface area contributed by atoms with Crippen LogP contribution in [0.4, 0.5) is 11.4 Å². The molecule has 0 bridgehead atoms. The van der Waals surface area contributed by atoms with Crippen LogP contribution >= 0.6 is 0 Å². The average Bonchev–Trinajstić information content (AvgIpc) is 3.02. The van der Waals surface area contributed by atoms with Crippen LogP contribution in [0.2, 0.25) is 0 Å². The van der Waals surface area contributed by atoms with Crippen molar-refractivity contribution < 1.29 is 14.3 Å². The zero-order valence-corrected chi connectivity index (χ0v) is 18.9. The number of ether oxygens (including phenoxy) is 2.